The Morgan fingerprint density at radius 1 is 1.09 bits per heavy atom. The van der Waals surface area contributed by atoms with Gasteiger partial charge in [0.1, 0.15) is 17.6 Å². The third kappa shape index (κ3) is 3.28. The molecular weight excluding hydrogens is 307 g/mol. The average molecular weight is 321 g/mol. The molecule has 7 heteroatoms. The summed E-state index contributed by atoms with van der Waals surface area (Å²) in [5.74, 6) is -0.122. The Morgan fingerprint density at radius 3 is 2.52 bits per heavy atom. The third-order valence-electron chi connectivity index (χ3n) is 3.64. The second-order valence-corrected chi connectivity index (χ2v) is 5.22. The van der Waals surface area contributed by atoms with Gasteiger partial charge in [0.2, 0.25) is 5.91 Å². The number of aromatic nitrogens is 1. The highest BCUT2D eigenvalue weighted by Crippen LogP contribution is 2.29. The number of para-hydroxylation sites is 1. The van der Waals surface area contributed by atoms with Crippen LogP contribution in [-0.4, -0.2) is 23.5 Å². The number of carbonyl (C=O) groups excluding carboxylic acids is 1. The van der Waals surface area contributed by atoms with E-state index < -0.39 is 17.9 Å². The van der Waals surface area contributed by atoms with Crippen LogP contribution in [0.1, 0.15) is 12.1 Å². The number of carbonyl (C=O) groups is 1. The summed E-state index contributed by atoms with van der Waals surface area (Å²) in [5, 5.41) is 2.80. The number of nitrogens with one attached hydrogen (secondary N) is 1. The molecule has 0 radical (unpaired) electrons. The summed E-state index contributed by atoms with van der Waals surface area (Å²) in [5.41, 5.74) is -0.202. The number of hydrogen-bond acceptors (Lipinski definition) is 3. The van der Waals surface area contributed by atoms with Gasteiger partial charge in [-0.15, -0.1) is 0 Å². The zero-order valence-electron chi connectivity index (χ0n) is 12.0. The van der Waals surface area contributed by atoms with Gasteiger partial charge in [0.15, 0.2) is 0 Å². The topological polar surface area (TPSA) is 45.2 Å². The second kappa shape index (κ2) is 5.91. The first-order valence-corrected chi connectivity index (χ1v) is 7.12. The molecule has 0 bridgehead atoms. The molecule has 120 valence electrons. The van der Waals surface area contributed by atoms with Gasteiger partial charge in [-0.3, -0.25) is 4.79 Å². The van der Waals surface area contributed by atoms with Gasteiger partial charge in [-0.1, -0.05) is 24.3 Å². The molecule has 1 aliphatic heterocycles. The largest absolute Gasteiger partial charge is 0.433 e. The number of pyridine rings is 1. The first kappa shape index (κ1) is 15.3. The summed E-state index contributed by atoms with van der Waals surface area (Å²) in [6, 6.07) is 12.2. The Morgan fingerprint density at radius 2 is 1.83 bits per heavy atom. The number of anilines is 2. The van der Waals surface area contributed by atoms with Gasteiger partial charge >= 0.3 is 6.18 Å². The SMILES string of the molecule is O=C1C(Nc2cccc(C(F)(F)F)n2)CCN1c1ccccc1. The summed E-state index contributed by atoms with van der Waals surface area (Å²) in [6.07, 6.45) is -4.00. The fraction of sp³-hybridized carbons (Fsp3) is 0.250. The molecule has 1 saturated heterocycles. The van der Waals surface area contributed by atoms with Crippen LogP contribution >= 0.6 is 0 Å². The third-order valence-corrected chi connectivity index (χ3v) is 3.64. The predicted molar refractivity (Wildman–Crippen MR) is 80.1 cm³/mol. The highest BCUT2D eigenvalue weighted by Gasteiger charge is 2.34. The molecule has 2 heterocycles. The Bertz CT molecular complexity index is 703. The molecule has 1 aromatic heterocycles. The van der Waals surface area contributed by atoms with E-state index in [9.17, 15) is 18.0 Å². The van der Waals surface area contributed by atoms with Crippen molar-refractivity contribution in [3.63, 3.8) is 0 Å². The number of alkyl halides is 3. The van der Waals surface area contributed by atoms with Crippen LogP contribution in [0.15, 0.2) is 48.5 Å². The lowest BCUT2D eigenvalue weighted by Crippen LogP contribution is -2.33. The summed E-state index contributed by atoms with van der Waals surface area (Å²) < 4.78 is 38.0. The molecule has 3 rings (SSSR count). The van der Waals surface area contributed by atoms with Gasteiger partial charge in [-0.2, -0.15) is 13.2 Å². The molecule has 23 heavy (non-hydrogen) atoms. The van der Waals surface area contributed by atoms with Crippen molar-refractivity contribution < 1.29 is 18.0 Å². The number of nitrogens with zero attached hydrogens (tertiary/aromatic N) is 2. The Labute approximate surface area is 130 Å². The lowest BCUT2D eigenvalue weighted by atomic mass is 10.2. The molecule has 1 amide bonds. The maximum atomic E-state index is 12.7. The van der Waals surface area contributed by atoms with Crippen LogP contribution in [0, 0.1) is 0 Å². The van der Waals surface area contributed by atoms with Gasteiger partial charge in [0.25, 0.3) is 0 Å². The standard InChI is InChI=1S/C16H14F3N3O/c17-16(18,19)13-7-4-8-14(21-13)20-12-9-10-22(15(12)23)11-5-2-1-3-6-11/h1-8,12H,9-10H2,(H,20,21). The van der Waals surface area contributed by atoms with Crippen molar-refractivity contribution in [2.75, 3.05) is 16.8 Å². The van der Waals surface area contributed by atoms with Gasteiger partial charge in [0.05, 0.1) is 0 Å². The summed E-state index contributed by atoms with van der Waals surface area (Å²) in [6.45, 7) is 0.513. The van der Waals surface area contributed by atoms with E-state index in [4.69, 9.17) is 0 Å². The van der Waals surface area contributed by atoms with Crippen molar-refractivity contribution in [3.8, 4) is 0 Å². The van der Waals surface area contributed by atoms with Crippen LogP contribution in [0.5, 0.6) is 0 Å². The summed E-state index contributed by atoms with van der Waals surface area (Å²) in [4.78, 5) is 17.6. The Kier molecular flexibility index (Phi) is 3.94. The van der Waals surface area contributed by atoms with Crippen LogP contribution in [-0.2, 0) is 11.0 Å². The van der Waals surface area contributed by atoms with E-state index in [0.717, 1.165) is 11.8 Å². The lowest BCUT2D eigenvalue weighted by molar-refractivity contribution is -0.141. The minimum atomic E-state index is -4.51. The van der Waals surface area contributed by atoms with Crippen molar-refractivity contribution in [1.82, 2.24) is 4.98 Å². The first-order chi connectivity index (χ1) is 10.9. The van der Waals surface area contributed by atoms with E-state index in [2.05, 4.69) is 10.3 Å². The molecule has 1 fully saturated rings. The second-order valence-electron chi connectivity index (χ2n) is 5.22. The molecular formula is C16H14F3N3O. The lowest BCUT2D eigenvalue weighted by Gasteiger charge is -2.17. The van der Waals surface area contributed by atoms with Crippen LogP contribution in [0.3, 0.4) is 0 Å². The molecule has 0 saturated carbocycles. The molecule has 0 spiro atoms. The minimum Gasteiger partial charge on any atom is -0.358 e. The number of benzene rings is 1. The number of hydrogen-bond donors (Lipinski definition) is 1. The highest BCUT2D eigenvalue weighted by molar-refractivity contribution is 6.00. The fourth-order valence-electron chi connectivity index (χ4n) is 2.53. The average Bonchev–Trinajstić information content (AvgIpc) is 2.89. The van der Waals surface area contributed by atoms with Crippen LogP contribution < -0.4 is 10.2 Å². The quantitative estimate of drug-likeness (QED) is 0.943. The number of amides is 1. The van der Waals surface area contributed by atoms with Gasteiger partial charge < -0.3 is 10.2 Å². The zero-order chi connectivity index (χ0) is 16.4. The van der Waals surface area contributed by atoms with E-state index >= 15 is 0 Å². The molecule has 1 N–H and O–H groups in total. The fourth-order valence-corrected chi connectivity index (χ4v) is 2.53. The normalized spacial score (nSPS) is 18.3. The van der Waals surface area contributed by atoms with Crippen molar-refractivity contribution >= 4 is 17.4 Å². The van der Waals surface area contributed by atoms with Crippen LogP contribution in [0.4, 0.5) is 24.7 Å². The van der Waals surface area contributed by atoms with Gasteiger partial charge in [-0.05, 0) is 30.7 Å². The van der Waals surface area contributed by atoms with Crippen molar-refractivity contribution in [3.05, 3.63) is 54.2 Å². The molecule has 1 aliphatic rings. The maximum absolute atomic E-state index is 12.7. The molecule has 1 unspecified atom stereocenters. The first-order valence-electron chi connectivity index (χ1n) is 7.12. The molecule has 4 nitrogen and oxygen atoms in total. The van der Waals surface area contributed by atoms with Gasteiger partial charge in [-0.25, -0.2) is 4.98 Å². The van der Waals surface area contributed by atoms with Crippen molar-refractivity contribution in [2.45, 2.75) is 18.6 Å². The minimum absolute atomic E-state index is 0.0492. The van der Waals surface area contributed by atoms with E-state index in [1.54, 1.807) is 4.90 Å². The smallest absolute Gasteiger partial charge is 0.358 e. The van der Waals surface area contributed by atoms with Crippen molar-refractivity contribution in [2.24, 2.45) is 0 Å². The van der Waals surface area contributed by atoms with E-state index in [0.29, 0.717) is 13.0 Å². The monoisotopic (exact) mass is 321 g/mol. The number of halogens is 3. The summed E-state index contributed by atoms with van der Waals surface area (Å²) in [7, 11) is 0. The molecule has 0 aliphatic carbocycles. The summed E-state index contributed by atoms with van der Waals surface area (Å²) >= 11 is 0. The van der Waals surface area contributed by atoms with Crippen LogP contribution in [0.25, 0.3) is 0 Å². The van der Waals surface area contributed by atoms with E-state index in [1.807, 2.05) is 30.3 Å². The van der Waals surface area contributed by atoms with Gasteiger partial charge in [0, 0.05) is 12.2 Å². The molecule has 2 aromatic rings. The Hall–Kier alpha value is -2.57. The predicted octanol–water partition coefficient (Wildman–Crippen LogP) is 3.32. The molecule has 1 atom stereocenters. The van der Waals surface area contributed by atoms with E-state index in [-0.39, 0.29) is 11.7 Å². The van der Waals surface area contributed by atoms with Crippen molar-refractivity contribution in [1.29, 1.82) is 0 Å². The highest BCUT2D eigenvalue weighted by atomic mass is 19.4. The Balaban J connectivity index is 1.74. The number of rotatable bonds is 3. The molecule has 1 aromatic carbocycles. The van der Waals surface area contributed by atoms with Crippen LogP contribution in [0.2, 0.25) is 0 Å². The maximum Gasteiger partial charge on any atom is 0.433 e. The zero-order valence-corrected chi connectivity index (χ0v) is 12.0. The van der Waals surface area contributed by atoms with E-state index in [1.165, 1.54) is 12.1 Å².